The van der Waals surface area contributed by atoms with Crippen molar-refractivity contribution in [3.63, 3.8) is 0 Å². The van der Waals surface area contributed by atoms with Crippen LogP contribution in [0.15, 0.2) is 48.5 Å². The molecule has 20 heavy (non-hydrogen) atoms. The molecule has 0 atom stereocenters. The molecule has 4 nitrogen and oxygen atoms in total. The van der Waals surface area contributed by atoms with Gasteiger partial charge in [0.15, 0.2) is 11.5 Å². The lowest BCUT2D eigenvalue weighted by Crippen LogP contribution is -2.07. The van der Waals surface area contributed by atoms with E-state index < -0.39 is 5.97 Å². The van der Waals surface area contributed by atoms with Gasteiger partial charge in [0.1, 0.15) is 5.56 Å². The van der Waals surface area contributed by atoms with Crippen LogP contribution in [-0.4, -0.2) is 24.8 Å². The molecule has 0 aliphatic rings. The minimum absolute atomic E-state index is 0.109. The molecule has 1 N–H and O–H groups in total. The van der Waals surface area contributed by atoms with Gasteiger partial charge in [0.05, 0.1) is 13.7 Å². The maximum atomic E-state index is 11.2. The first-order valence-corrected chi connectivity index (χ1v) is 6.29. The van der Waals surface area contributed by atoms with Crippen LogP contribution in [0.4, 0.5) is 0 Å². The van der Waals surface area contributed by atoms with E-state index >= 15 is 0 Å². The van der Waals surface area contributed by atoms with Crippen LogP contribution in [0.5, 0.6) is 11.5 Å². The van der Waals surface area contributed by atoms with Gasteiger partial charge in [0.25, 0.3) is 0 Å². The van der Waals surface area contributed by atoms with Gasteiger partial charge in [-0.25, -0.2) is 4.79 Å². The molecular formula is C16H16O4. The highest BCUT2D eigenvalue weighted by Gasteiger charge is 2.15. The van der Waals surface area contributed by atoms with Gasteiger partial charge in [-0.3, -0.25) is 0 Å². The highest BCUT2D eigenvalue weighted by atomic mass is 16.5. The fraction of sp³-hybridized carbons (Fsp3) is 0.188. The van der Waals surface area contributed by atoms with Crippen molar-refractivity contribution in [2.75, 3.05) is 13.7 Å². The lowest BCUT2D eigenvalue weighted by atomic mass is 10.1. The summed E-state index contributed by atoms with van der Waals surface area (Å²) in [6.45, 7) is 0.394. The Morgan fingerprint density at radius 3 is 2.50 bits per heavy atom. The topological polar surface area (TPSA) is 55.8 Å². The fourth-order valence-electron chi connectivity index (χ4n) is 1.91. The van der Waals surface area contributed by atoms with Crippen LogP contribution in [0.2, 0.25) is 0 Å². The van der Waals surface area contributed by atoms with Crippen molar-refractivity contribution in [1.82, 2.24) is 0 Å². The summed E-state index contributed by atoms with van der Waals surface area (Å²) < 4.78 is 10.8. The van der Waals surface area contributed by atoms with E-state index in [1.54, 1.807) is 12.1 Å². The lowest BCUT2D eigenvalue weighted by molar-refractivity contribution is 0.0691. The minimum Gasteiger partial charge on any atom is -0.493 e. The van der Waals surface area contributed by atoms with Crippen molar-refractivity contribution in [1.29, 1.82) is 0 Å². The zero-order valence-electron chi connectivity index (χ0n) is 11.2. The first kappa shape index (κ1) is 13.9. The molecule has 0 spiro atoms. The maximum absolute atomic E-state index is 11.2. The highest BCUT2D eigenvalue weighted by molar-refractivity contribution is 5.92. The van der Waals surface area contributed by atoms with Crippen LogP contribution < -0.4 is 9.47 Å². The summed E-state index contributed by atoms with van der Waals surface area (Å²) in [4.78, 5) is 11.2. The number of para-hydroxylation sites is 1. The highest BCUT2D eigenvalue weighted by Crippen LogP contribution is 2.31. The van der Waals surface area contributed by atoms with Gasteiger partial charge in [-0.15, -0.1) is 0 Å². The number of ether oxygens (including phenoxy) is 2. The number of methoxy groups -OCH3 is 1. The Morgan fingerprint density at radius 1 is 1.10 bits per heavy atom. The molecule has 0 heterocycles. The molecule has 0 unspecified atom stereocenters. The van der Waals surface area contributed by atoms with Crippen molar-refractivity contribution in [3.8, 4) is 11.5 Å². The number of hydrogen-bond acceptors (Lipinski definition) is 3. The standard InChI is InChI=1S/C16H16O4/c1-19-14-9-5-8-13(16(17)18)15(14)20-11-10-12-6-3-2-4-7-12/h2-9H,10-11H2,1H3,(H,17,18). The quantitative estimate of drug-likeness (QED) is 0.878. The van der Waals surface area contributed by atoms with Crippen molar-refractivity contribution in [2.24, 2.45) is 0 Å². The van der Waals surface area contributed by atoms with Gasteiger partial charge >= 0.3 is 5.97 Å². The van der Waals surface area contributed by atoms with Crippen molar-refractivity contribution < 1.29 is 19.4 Å². The first-order valence-electron chi connectivity index (χ1n) is 6.29. The summed E-state index contributed by atoms with van der Waals surface area (Å²) in [5.74, 6) is -0.324. The Hall–Kier alpha value is -2.49. The van der Waals surface area contributed by atoms with Crippen LogP contribution in [-0.2, 0) is 6.42 Å². The molecule has 0 fully saturated rings. The normalized spacial score (nSPS) is 10.1. The van der Waals surface area contributed by atoms with E-state index in [0.717, 1.165) is 5.56 Å². The second-order valence-corrected chi connectivity index (χ2v) is 4.23. The number of aromatic carboxylic acids is 1. The van der Waals surface area contributed by atoms with E-state index in [0.29, 0.717) is 18.8 Å². The van der Waals surface area contributed by atoms with Crippen LogP contribution in [0.3, 0.4) is 0 Å². The molecule has 2 rings (SSSR count). The van der Waals surface area contributed by atoms with Gasteiger partial charge < -0.3 is 14.6 Å². The van der Waals surface area contributed by atoms with Crippen LogP contribution in [0.1, 0.15) is 15.9 Å². The molecule has 0 amide bonds. The predicted molar refractivity (Wildman–Crippen MR) is 75.6 cm³/mol. The van der Waals surface area contributed by atoms with Crippen molar-refractivity contribution in [3.05, 3.63) is 59.7 Å². The number of carboxylic acids is 1. The number of benzene rings is 2. The molecule has 0 aromatic heterocycles. The Bertz CT molecular complexity index is 578. The van der Waals surface area contributed by atoms with Gasteiger partial charge in [-0.1, -0.05) is 36.4 Å². The van der Waals surface area contributed by atoms with E-state index in [9.17, 15) is 4.79 Å². The molecule has 0 radical (unpaired) electrons. The molecule has 0 saturated carbocycles. The van der Waals surface area contributed by atoms with Crippen molar-refractivity contribution in [2.45, 2.75) is 6.42 Å². The minimum atomic E-state index is -1.03. The molecule has 4 heteroatoms. The zero-order chi connectivity index (χ0) is 14.4. The first-order chi connectivity index (χ1) is 9.72. The zero-order valence-corrected chi connectivity index (χ0v) is 11.2. The van der Waals surface area contributed by atoms with E-state index in [2.05, 4.69) is 0 Å². The Morgan fingerprint density at radius 2 is 1.85 bits per heavy atom. The van der Waals surface area contributed by atoms with Crippen LogP contribution >= 0.6 is 0 Å². The van der Waals surface area contributed by atoms with E-state index in [-0.39, 0.29) is 11.3 Å². The predicted octanol–water partition coefficient (Wildman–Crippen LogP) is 3.01. The number of carboxylic acid groups (broad SMARTS) is 1. The summed E-state index contributed by atoms with van der Waals surface area (Å²) in [6.07, 6.45) is 0.706. The summed E-state index contributed by atoms with van der Waals surface area (Å²) in [6, 6.07) is 14.7. The maximum Gasteiger partial charge on any atom is 0.339 e. The van der Waals surface area contributed by atoms with Crippen molar-refractivity contribution >= 4 is 5.97 Å². The Labute approximate surface area is 117 Å². The van der Waals surface area contributed by atoms with E-state index in [1.807, 2.05) is 30.3 Å². The number of carbonyl (C=O) groups is 1. The average molecular weight is 272 g/mol. The Kier molecular flexibility index (Phi) is 4.60. The van der Waals surface area contributed by atoms with E-state index in [4.69, 9.17) is 14.6 Å². The van der Waals surface area contributed by atoms with Crippen LogP contribution in [0.25, 0.3) is 0 Å². The summed E-state index contributed by atoms with van der Waals surface area (Å²) in [5.41, 5.74) is 1.25. The van der Waals surface area contributed by atoms with Gasteiger partial charge in [-0.05, 0) is 17.7 Å². The van der Waals surface area contributed by atoms with Gasteiger partial charge in [0, 0.05) is 6.42 Å². The molecule has 2 aromatic carbocycles. The fourth-order valence-corrected chi connectivity index (χ4v) is 1.91. The monoisotopic (exact) mass is 272 g/mol. The third kappa shape index (κ3) is 3.29. The molecule has 0 bridgehead atoms. The number of hydrogen-bond donors (Lipinski definition) is 1. The lowest BCUT2D eigenvalue weighted by Gasteiger charge is -2.13. The molecule has 0 aliphatic heterocycles. The summed E-state index contributed by atoms with van der Waals surface area (Å²) in [7, 11) is 1.49. The third-order valence-electron chi connectivity index (χ3n) is 2.91. The third-order valence-corrected chi connectivity index (χ3v) is 2.91. The van der Waals surface area contributed by atoms with Gasteiger partial charge in [0.2, 0.25) is 0 Å². The summed E-state index contributed by atoms with van der Waals surface area (Å²) in [5, 5.41) is 9.17. The molecule has 0 saturated heterocycles. The Balaban J connectivity index is 2.10. The SMILES string of the molecule is COc1cccc(C(=O)O)c1OCCc1ccccc1. The second-order valence-electron chi connectivity index (χ2n) is 4.23. The average Bonchev–Trinajstić information content (AvgIpc) is 2.48. The summed E-state index contributed by atoms with van der Waals surface area (Å²) >= 11 is 0. The van der Waals surface area contributed by atoms with Crippen LogP contribution in [0, 0.1) is 0 Å². The van der Waals surface area contributed by atoms with E-state index in [1.165, 1.54) is 13.2 Å². The second kappa shape index (κ2) is 6.61. The molecule has 2 aromatic rings. The largest absolute Gasteiger partial charge is 0.493 e. The van der Waals surface area contributed by atoms with Gasteiger partial charge in [-0.2, -0.15) is 0 Å². The molecule has 104 valence electrons. The molecular weight excluding hydrogens is 256 g/mol. The molecule has 0 aliphatic carbocycles. The number of rotatable bonds is 6. The smallest absolute Gasteiger partial charge is 0.339 e.